The fourth-order valence-corrected chi connectivity index (χ4v) is 3.59. The maximum Gasteiger partial charge on any atom is 0.261 e. The normalized spacial score (nSPS) is 13.8. The van der Waals surface area contributed by atoms with Gasteiger partial charge in [0.05, 0.1) is 17.0 Å². The van der Waals surface area contributed by atoms with E-state index in [0.717, 1.165) is 0 Å². The van der Waals surface area contributed by atoms with Crippen molar-refractivity contribution in [3.63, 3.8) is 0 Å². The Bertz CT molecular complexity index is 1000. The third-order valence-corrected chi connectivity index (χ3v) is 5.48. The zero-order chi connectivity index (χ0) is 20.3. The van der Waals surface area contributed by atoms with E-state index in [1.807, 2.05) is 0 Å². The van der Waals surface area contributed by atoms with Crippen LogP contribution in [0.25, 0.3) is 0 Å². The standard InChI is InChI=1S/C19H21N3O5S/c1-12(2)18(23)21-13-3-6-15(7-4-13)28(25,26)22-14-5-8-17-16(11-14)19(24)20-9-10-27-17/h3-8,11-12,22H,9-10H2,1-2H3,(H,20,24)(H,21,23). The van der Waals surface area contributed by atoms with E-state index in [2.05, 4.69) is 15.4 Å². The lowest BCUT2D eigenvalue weighted by Gasteiger charge is -2.12. The maximum absolute atomic E-state index is 12.6. The zero-order valence-electron chi connectivity index (χ0n) is 15.5. The Balaban J connectivity index is 1.78. The summed E-state index contributed by atoms with van der Waals surface area (Å²) < 4.78 is 33.2. The van der Waals surface area contributed by atoms with Crippen molar-refractivity contribution >= 4 is 33.2 Å². The summed E-state index contributed by atoms with van der Waals surface area (Å²) in [4.78, 5) is 23.8. The van der Waals surface area contributed by atoms with E-state index < -0.39 is 10.0 Å². The SMILES string of the molecule is CC(C)C(=O)Nc1ccc(S(=O)(=O)Nc2ccc3c(c2)C(=O)NCCO3)cc1. The molecule has 1 aliphatic rings. The highest BCUT2D eigenvalue weighted by atomic mass is 32.2. The number of ether oxygens (including phenoxy) is 1. The number of anilines is 2. The smallest absolute Gasteiger partial charge is 0.261 e. The number of carbonyl (C=O) groups is 2. The minimum absolute atomic E-state index is 0.0330. The van der Waals surface area contributed by atoms with Crippen molar-refractivity contribution < 1.29 is 22.7 Å². The molecule has 0 fully saturated rings. The molecule has 2 amide bonds. The van der Waals surface area contributed by atoms with Crippen LogP contribution in [0, 0.1) is 5.92 Å². The van der Waals surface area contributed by atoms with Crippen LogP contribution in [0.15, 0.2) is 47.4 Å². The van der Waals surface area contributed by atoms with Gasteiger partial charge in [0.15, 0.2) is 0 Å². The van der Waals surface area contributed by atoms with Crippen LogP contribution in [0.2, 0.25) is 0 Å². The maximum atomic E-state index is 12.6. The lowest BCUT2D eigenvalue weighted by Crippen LogP contribution is -2.24. The number of hydrogen-bond donors (Lipinski definition) is 3. The summed E-state index contributed by atoms with van der Waals surface area (Å²) in [6.07, 6.45) is 0. The van der Waals surface area contributed by atoms with E-state index in [0.29, 0.717) is 24.6 Å². The van der Waals surface area contributed by atoms with Gasteiger partial charge in [-0.05, 0) is 42.5 Å². The van der Waals surface area contributed by atoms with E-state index in [1.54, 1.807) is 19.9 Å². The molecule has 0 aromatic heterocycles. The van der Waals surface area contributed by atoms with E-state index >= 15 is 0 Å². The number of fused-ring (bicyclic) bond motifs is 1. The molecule has 148 valence electrons. The number of hydrogen-bond acceptors (Lipinski definition) is 5. The minimum atomic E-state index is -3.86. The lowest BCUT2D eigenvalue weighted by atomic mass is 10.1. The highest BCUT2D eigenvalue weighted by molar-refractivity contribution is 7.92. The molecule has 1 heterocycles. The molecule has 3 rings (SSSR count). The molecule has 0 aliphatic carbocycles. The molecule has 0 unspecified atom stereocenters. The van der Waals surface area contributed by atoms with E-state index in [9.17, 15) is 18.0 Å². The van der Waals surface area contributed by atoms with Crippen LogP contribution in [0.4, 0.5) is 11.4 Å². The number of benzene rings is 2. The Hall–Kier alpha value is -3.07. The van der Waals surface area contributed by atoms with Crippen LogP contribution in [0.3, 0.4) is 0 Å². The minimum Gasteiger partial charge on any atom is -0.491 e. The molecule has 9 heteroatoms. The second-order valence-electron chi connectivity index (χ2n) is 6.59. The molecular formula is C19H21N3O5S. The van der Waals surface area contributed by atoms with E-state index in [4.69, 9.17) is 4.74 Å². The van der Waals surface area contributed by atoms with Crippen LogP contribution < -0.4 is 20.1 Å². The second-order valence-corrected chi connectivity index (χ2v) is 8.27. The van der Waals surface area contributed by atoms with Crippen molar-refractivity contribution in [2.75, 3.05) is 23.2 Å². The molecule has 2 aromatic carbocycles. The molecule has 0 spiro atoms. The molecule has 3 N–H and O–H groups in total. The van der Waals surface area contributed by atoms with Gasteiger partial charge in [0.1, 0.15) is 12.4 Å². The lowest BCUT2D eigenvalue weighted by molar-refractivity contribution is -0.118. The molecular weight excluding hydrogens is 382 g/mol. The largest absolute Gasteiger partial charge is 0.491 e. The molecule has 0 saturated carbocycles. The van der Waals surface area contributed by atoms with Crippen molar-refractivity contribution in [1.82, 2.24) is 5.32 Å². The molecule has 0 atom stereocenters. The number of amides is 2. The van der Waals surface area contributed by atoms with Crippen molar-refractivity contribution in [1.29, 1.82) is 0 Å². The van der Waals surface area contributed by atoms with E-state index in [1.165, 1.54) is 36.4 Å². The number of rotatable bonds is 5. The highest BCUT2D eigenvalue weighted by Gasteiger charge is 2.19. The summed E-state index contributed by atoms with van der Waals surface area (Å²) in [6, 6.07) is 10.4. The summed E-state index contributed by atoms with van der Waals surface area (Å²) in [5, 5.41) is 5.38. The number of sulfonamides is 1. The molecule has 0 saturated heterocycles. The predicted molar refractivity (Wildman–Crippen MR) is 105 cm³/mol. The van der Waals surface area contributed by atoms with Crippen molar-refractivity contribution in [3.8, 4) is 5.75 Å². The average Bonchev–Trinajstić information content (AvgIpc) is 2.83. The fraction of sp³-hybridized carbons (Fsp3) is 0.263. The first-order valence-corrected chi connectivity index (χ1v) is 10.2. The first-order valence-electron chi connectivity index (χ1n) is 8.75. The van der Waals surface area contributed by atoms with Crippen molar-refractivity contribution in [2.45, 2.75) is 18.7 Å². The van der Waals surface area contributed by atoms with E-state index in [-0.39, 0.29) is 33.9 Å². The Morgan fingerprint density at radius 1 is 1.11 bits per heavy atom. The zero-order valence-corrected chi connectivity index (χ0v) is 16.3. The molecule has 28 heavy (non-hydrogen) atoms. The van der Waals surface area contributed by atoms with Gasteiger partial charge in [0.25, 0.3) is 15.9 Å². The highest BCUT2D eigenvalue weighted by Crippen LogP contribution is 2.26. The van der Waals surface area contributed by atoms with Crippen LogP contribution in [0.1, 0.15) is 24.2 Å². The van der Waals surface area contributed by atoms with Gasteiger partial charge in [-0.3, -0.25) is 14.3 Å². The predicted octanol–water partition coefficient (Wildman–Crippen LogP) is 2.20. The Morgan fingerprint density at radius 3 is 2.46 bits per heavy atom. The Kier molecular flexibility index (Phi) is 5.55. The van der Waals surface area contributed by atoms with Crippen molar-refractivity contribution in [3.05, 3.63) is 48.0 Å². The van der Waals surface area contributed by atoms with Gasteiger partial charge in [-0.15, -0.1) is 0 Å². The topological polar surface area (TPSA) is 114 Å². The third-order valence-electron chi connectivity index (χ3n) is 4.08. The summed E-state index contributed by atoms with van der Waals surface area (Å²) in [5.74, 6) is -0.249. The van der Waals surface area contributed by atoms with Gasteiger partial charge in [-0.25, -0.2) is 8.42 Å². The molecule has 1 aliphatic heterocycles. The van der Waals surface area contributed by atoms with Gasteiger partial charge in [-0.1, -0.05) is 13.8 Å². The first-order chi connectivity index (χ1) is 13.3. The molecule has 2 aromatic rings. The van der Waals surface area contributed by atoms with Gasteiger partial charge >= 0.3 is 0 Å². The molecule has 0 bridgehead atoms. The van der Waals surface area contributed by atoms with Crippen LogP contribution >= 0.6 is 0 Å². The second kappa shape index (κ2) is 7.89. The van der Waals surface area contributed by atoms with Crippen LogP contribution in [-0.2, 0) is 14.8 Å². The van der Waals surface area contributed by atoms with Crippen LogP contribution in [0.5, 0.6) is 5.75 Å². The summed E-state index contributed by atoms with van der Waals surface area (Å²) in [6.45, 7) is 4.27. The third kappa shape index (κ3) is 4.42. The number of carbonyl (C=O) groups excluding carboxylic acids is 2. The summed E-state index contributed by atoms with van der Waals surface area (Å²) in [7, 11) is -3.86. The monoisotopic (exact) mass is 403 g/mol. The van der Waals surface area contributed by atoms with Gasteiger partial charge in [-0.2, -0.15) is 0 Å². The first kappa shape index (κ1) is 19.7. The van der Waals surface area contributed by atoms with Gasteiger partial charge < -0.3 is 15.4 Å². The van der Waals surface area contributed by atoms with Crippen molar-refractivity contribution in [2.24, 2.45) is 5.92 Å². The molecule has 8 nitrogen and oxygen atoms in total. The summed E-state index contributed by atoms with van der Waals surface area (Å²) in [5.41, 5.74) is 1.03. The van der Waals surface area contributed by atoms with Gasteiger partial charge in [0.2, 0.25) is 5.91 Å². The summed E-state index contributed by atoms with van der Waals surface area (Å²) >= 11 is 0. The van der Waals surface area contributed by atoms with Crippen LogP contribution in [-0.4, -0.2) is 33.4 Å². The average molecular weight is 403 g/mol. The molecule has 0 radical (unpaired) electrons. The fourth-order valence-electron chi connectivity index (χ4n) is 2.54. The Morgan fingerprint density at radius 2 is 1.79 bits per heavy atom. The number of nitrogens with one attached hydrogen (secondary N) is 3. The quantitative estimate of drug-likeness (QED) is 0.708. The Labute approximate surface area is 163 Å². The van der Waals surface area contributed by atoms with Gasteiger partial charge in [0, 0.05) is 17.3 Å².